The lowest BCUT2D eigenvalue weighted by Crippen LogP contribution is -2.43. The minimum atomic E-state index is -0.348. The molecule has 1 aliphatic heterocycles. The second-order valence-corrected chi connectivity index (χ2v) is 5.53. The Morgan fingerprint density at radius 1 is 1.42 bits per heavy atom. The van der Waals surface area contributed by atoms with Crippen molar-refractivity contribution >= 4 is 30.7 Å². The van der Waals surface area contributed by atoms with Crippen LogP contribution in [0.1, 0.15) is 33.6 Å². The molecule has 0 bridgehead atoms. The highest BCUT2D eigenvalue weighted by molar-refractivity contribution is 5.85. The fourth-order valence-corrected chi connectivity index (χ4v) is 2.36. The summed E-state index contributed by atoms with van der Waals surface area (Å²) in [5.41, 5.74) is 5.83. The highest BCUT2D eigenvalue weighted by Crippen LogP contribution is 2.14. The molecule has 116 valence electrons. The van der Waals surface area contributed by atoms with Gasteiger partial charge in [0.15, 0.2) is 0 Å². The van der Waals surface area contributed by atoms with Crippen LogP contribution in [0.15, 0.2) is 0 Å². The Bertz CT molecular complexity index is 252. The van der Waals surface area contributed by atoms with Crippen molar-refractivity contribution < 1.29 is 4.79 Å². The Morgan fingerprint density at radius 2 is 2.05 bits per heavy atom. The smallest absolute Gasteiger partial charge is 0.236 e. The summed E-state index contributed by atoms with van der Waals surface area (Å²) in [5, 5.41) is 2.98. The normalized spacial score (nSPS) is 20.6. The lowest BCUT2D eigenvalue weighted by molar-refractivity contribution is -0.122. The predicted octanol–water partition coefficient (Wildman–Crippen LogP) is 1.66. The van der Waals surface area contributed by atoms with E-state index in [0.717, 1.165) is 32.6 Å². The first-order valence-corrected chi connectivity index (χ1v) is 6.78. The van der Waals surface area contributed by atoms with Crippen molar-refractivity contribution in [1.82, 2.24) is 10.2 Å². The fraction of sp³-hybridized carbons (Fsp3) is 0.923. The largest absolute Gasteiger partial charge is 0.354 e. The van der Waals surface area contributed by atoms with Crippen molar-refractivity contribution in [2.24, 2.45) is 17.6 Å². The standard InChI is InChI=1S/C13H27N3O.2ClH/c1-4-16-6-5-11(9-16)8-15-13(17)12(14)7-10(2)3;;/h10-12H,4-9,14H2,1-3H3,(H,15,17);2*1H/t11?,12-;;/m0../s1. The first-order chi connectivity index (χ1) is 8.02. The fourth-order valence-electron chi connectivity index (χ4n) is 2.36. The van der Waals surface area contributed by atoms with Gasteiger partial charge in [0.1, 0.15) is 0 Å². The summed E-state index contributed by atoms with van der Waals surface area (Å²) in [7, 11) is 0. The van der Waals surface area contributed by atoms with Gasteiger partial charge in [0.05, 0.1) is 6.04 Å². The second-order valence-electron chi connectivity index (χ2n) is 5.53. The molecular formula is C13H29Cl2N3O. The number of nitrogens with two attached hydrogens (primary N) is 1. The summed E-state index contributed by atoms with van der Waals surface area (Å²) in [4.78, 5) is 14.2. The van der Waals surface area contributed by atoms with E-state index in [2.05, 4.69) is 31.0 Å². The van der Waals surface area contributed by atoms with Crippen LogP contribution < -0.4 is 11.1 Å². The third-order valence-electron chi connectivity index (χ3n) is 3.44. The van der Waals surface area contributed by atoms with E-state index < -0.39 is 0 Å². The number of amides is 1. The van der Waals surface area contributed by atoms with E-state index in [4.69, 9.17) is 5.73 Å². The lowest BCUT2D eigenvalue weighted by Gasteiger charge is -2.17. The Morgan fingerprint density at radius 3 is 2.53 bits per heavy atom. The summed E-state index contributed by atoms with van der Waals surface area (Å²) in [5.74, 6) is 1.08. The Balaban J connectivity index is 0. The van der Waals surface area contributed by atoms with E-state index in [-0.39, 0.29) is 36.8 Å². The highest BCUT2D eigenvalue weighted by Gasteiger charge is 2.22. The molecular weight excluding hydrogens is 285 g/mol. The van der Waals surface area contributed by atoms with Crippen LogP contribution in [0.2, 0.25) is 0 Å². The predicted molar refractivity (Wildman–Crippen MR) is 85.2 cm³/mol. The molecule has 3 N–H and O–H groups in total. The van der Waals surface area contributed by atoms with Crippen molar-refractivity contribution in [3.05, 3.63) is 0 Å². The minimum Gasteiger partial charge on any atom is -0.354 e. The molecule has 0 aromatic rings. The van der Waals surface area contributed by atoms with Gasteiger partial charge in [-0.3, -0.25) is 4.79 Å². The zero-order valence-corrected chi connectivity index (χ0v) is 13.9. The van der Waals surface area contributed by atoms with Gasteiger partial charge in [0.25, 0.3) is 0 Å². The molecule has 0 aromatic carbocycles. The molecule has 0 saturated carbocycles. The SMILES string of the molecule is CCN1CCC(CNC(=O)[C@@H](N)CC(C)C)C1.Cl.Cl. The van der Waals surface area contributed by atoms with Crippen molar-refractivity contribution in [2.75, 3.05) is 26.2 Å². The molecule has 1 unspecified atom stereocenters. The Hall–Kier alpha value is -0.0300. The molecule has 1 rings (SSSR count). The molecule has 1 saturated heterocycles. The number of halogens is 2. The third-order valence-corrected chi connectivity index (χ3v) is 3.44. The quantitative estimate of drug-likeness (QED) is 0.784. The van der Waals surface area contributed by atoms with Crippen LogP contribution in [-0.4, -0.2) is 43.0 Å². The second kappa shape index (κ2) is 10.7. The maximum absolute atomic E-state index is 11.7. The molecule has 1 heterocycles. The van der Waals surface area contributed by atoms with Gasteiger partial charge in [0.2, 0.25) is 5.91 Å². The Kier molecular flexibility index (Phi) is 12.0. The molecule has 0 aromatic heterocycles. The summed E-state index contributed by atoms with van der Waals surface area (Å²) >= 11 is 0. The zero-order valence-electron chi connectivity index (χ0n) is 12.2. The molecule has 1 aliphatic rings. The topological polar surface area (TPSA) is 58.4 Å². The number of hydrogen-bond acceptors (Lipinski definition) is 3. The van der Waals surface area contributed by atoms with Crippen molar-refractivity contribution in [1.29, 1.82) is 0 Å². The van der Waals surface area contributed by atoms with E-state index in [1.807, 2.05) is 0 Å². The van der Waals surface area contributed by atoms with Gasteiger partial charge in [-0.15, -0.1) is 24.8 Å². The van der Waals surface area contributed by atoms with E-state index in [1.165, 1.54) is 6.42 Å². The number of carbonyl (C=O) groups excluding carboxylic acids is 1. The maximum atomic E-state index is 11.7. The molecule has 1 fully saturated rings. The van der Waals surface area contributed by atoms with E-state index >= 15 is 0 Å². The monoisotopic (exact) mass is 313 g/mol. The molecule has 0 aliphatic carbocycles. The molecule has 2 atom stereocenters. The van der Waals surface area contributed by atoms with Crippen LogP contribution in [0.5, 0.6) is 0 Å². The zero-order chi connectivity index (χ0) is 12.8. The average molecular weight is 314 g/mol. The van der Waals surface area contributed by atoms with Crippen molar-refractivity contribution in [3.63, 3.8) is 0 Å². The summed E-state index contributed by atoms with van der Waals surface area (Å²) < 4.78 is 0. The van der Waals surface area contributed by atoms with Gasteiger partial charge in [-0.05, 0) is 37.8 Å². The number of carbonyl (C=O) groups is 1. The van der Waals surface area contributed by atoms with Gasteiger partial charge >= 0.3 is 0 Å². The van der Waals surface area contributed by atoms with Gasteiger partial charge in [0, 0.05) is 13.1 Å². The highest BCUT2D eigenvalue weighted by atomic mass is 35.5. The van der Waals surface area contributed by atoms with Crippen LogP contribution in [0.4, 0.5) is 0 Å². The maximum Gasteiger partial charge on any atom is 0.236 e. The number of hydrogen-bond donors (Lipinski definition) is 2. The molecule has 0 radical (unpaired) electrons. The van der Waals surface area contributed by atoms with Crippen LogP contribution in [0.3, 0.4) is 0 Å². The molecule has 0 spiro atoms. The van der Waals surface area contributed by atoms with Gasteiger partial charge < -0.3 is 16.0 Å². The van der Waals surface area contributed by atoms with Gasteiger partial charge in [-0.1, -0.05) is 20.8 Å². The Labute approximate surface area is 129 Å². The third kappa shape index (κ3) is 7.98. The van der Waals surface area contributed by atoms with Crippen LogP contribution in [-0.2, 0) is 4.79 Å². The van der Waals surface area contributed by atoms with Gasteiger partial charge in [-0.2, -0.15) is 0 Å². The van der Waals surface area contributed by atoms with E-state index in [1.54, 1.807) is 0 Å². The van der Waals surface area contributed by atoms with Crippen molar-refractivity contribution in [3.8, 4) is 0 Å². The van der Waals surface area contributed by atoms with Crippen molar-refractivity contribution in [2.45, 2.75) is 39.7 Å². The number of likely N-dealkylation sites (tertiary alicyclic amines) is 1. The summed E-state index contributed by atoms with van der Waals surface area (Å²) in [6, 6.07) is -0.348. The van der Waals surface area contributed by atoms with Crippen LogP contribution in [0, 0.1) is 11.8 Å². The molecule has 4 nitrogen and oxygen atoms in total. The average Bonchev–Trinajstić information content (AvgIpc) is 2.72. The van der Waals surface area contributed by atoms with Crippen LogP contribution >= 0.6 is 24.8 Å². The first-order valence-electron chi connectivity index (χ1n) is 6.78. The molecule has 1 amide bonds. The first kappa shape index (κ1) is 21.3. The summed E-state index contributed by atoms with van der Waals surface area (Å²) in [6.07, 6.45) is 1.95. The van der Waals surface area contributed by atoms with Crippen LogP contribution in [0.25, 0.3) is 0 Å². The van der Waals surface area contributed by atoms with E-state index in [9.17, 15) is 4.79 Å². The summed E-state index contributed by atoms with van der Waals surface area (Å²) in [6.45, 7) is 10.5. The van der Waals surface area contributed by atoms with Gasteiger partial charge in [-0.25, -0.2) is 0 Å². The number of nitrogens with zero attached hydrogens (tertiary/aromatic N) is 1. The molecule has 19 heavy (non-hydrogen) atoms. The number of nitrogens with one attached hydrogen (secondary N) is 1. The number of rotatable bonds is 6. The molecule has 6 heteroatoms. The lowest BCUT2D eigenvalue weighted by atomic mass is 10.0. The minimum absolute atomic E-state index is 0. The van der Waals surface area contributed by atoms with E-state index in [0.29, 0.717) is 11.8 Å².